The predicted molar refractivity (Wildman–Crippen MR) is 70.7 cm³/mol. The second-order valence-corrected chi connectivity index (χ2v) is 5.48. The summed E-state index contributed by atoms with van der Waals surface area (Å²) < 4.78 is 1.95. The molecule has 0 aromatic carbocycles. The van der Waals surface area contributed by atoms with Gasteiger partial charge in [0, 0.05) is 25.0 Å². The molecular weight excluding hydrogens is 210 g/mol. The van der Waals surface area contributed by atoms with E-state index in [1.165, 1.54) is 44.2 Å². The molecule has 0 spiro atoms. The van der Waals surface area contributed by atoms with Crippen molar-refractivity contribution in [2.24, 2.45) is 18.7 Å². The monoisotopic (exact) mass is 235 g/mol. The third-order valence-corrected chi connectivity index (χ3v) is 4.05. The van der Waals surface area contributed by atoms with E-state index in [2.05, 4.69) is 11.2 Å². The van der Waals surface area contributed by atoms with Gasteiger partial charge in [0.05, 0.1) is 0 Å². The largest absolute Gasteiger partial charge is 0.328 e. The van der Waals surface area contributed by atoms with Gasteiger partial charge in [-0.15, -0.1) is 0 Å². The Morgan fingerprint density at radius 2 is 2.18 bits per heavy atom. The van der Waals surface area contributed by atoms with Crippen molar-refractivity contribution in [3.63, 3.8) is 0 Å². The second-order valence-electron chi connectivity index (χ2n) is 5.48. The molecule has 3 heteroatoms. The van der Waals surface area contributed by atoms with Gasteiger partial charge in [-0.1, -0.05) is 32.1 Å². The molecule has 1 heterocycles. The number of hydrogen-bond donors (Lipinski definition) is 1. The van der Waals surface area contributed by atoms with Gasteiger partial charge in [0.1, 0.15) is 0 Å². The fraction of sp³-hybridized carbons (Fsp3) is 0.786. The lowest BCUT2D eigenvalue weighted by Gasteiger charge is -2.24. The van der Waals surface area contributed by atoms with Crippen LogP contribution in [0.4, 0.5) is 0 Å². The minimum absolute atomic E-state index is 0.369. The number of rotatable bonds is 5. The van der Waals surface area contributed by atoms with Gasteiger partial charge >= 0.3 is 0 Å². The molecule has 1 saturated carbocycles. The number of aryl methyl sites for hydroxylation is 2. The molecule has 0 radical (unpaired) electrons. The number of nitrogens with two attached hydrogens (primary N) is 1. The molecule has 96 valence electrons. The molecule has 0 bridgehead atoms. The molecule has 2 N–H and O–H groups in total. The van der Waals surface area contributed by atoms with Crippen molar-refractivity contribution in [3.8, 4) is 0 Å². The van der Waals surface area contributed by atoms with Crippen LogP contribution in [0.3, 0.4) is 0 Å². The van der Waals surface area contributed by atoms with Gasteiger partial charge in [0.2, 0.25) is 0 Å². The summed E-state index contributed by atoms with van der Waals surface area (Å²) in [6.45, 7) is 0. The Bertz CT molecular complexity index is 326. The first kappa shape index (κ1) is 12.6. The predicted octanol–water partition coefficient (Wildman–Crippen LogP) is 2.65. The second kappa shape index (κ2) is 6.20. The first-order valence-electron chi connectivity index (χ1n) is 6.98. The Hall–Kier alpha value is -0.830. The van der Waals surface area contributed by atoms with Crippen molar-refractivity contribution < 1.29 is 0 Å². The van der Waals surface area contributed by atoms with Crippen molar-refractivity contribution >= 4 is 0 Å². The third-order valence-electron chi connectivity index (χ3n) is 4.05. The maximum atomic E-state index is 6.24. The van der Waals surface area contributed by atoms with E-state index >= 15 is 0 Å². The molecule has 0 amide bonds. The summed E-state index contributed by atoms with van der Waals surface area (Å²) in [5, 5.41) is 4.19. The van der Waals surface area contributed by atoms with E-state index in [0.29, 0.717) is 6.04 Å². The molecule has 1 aliphatic rings. The fourth-order valence-electron chi connectivity index (χ4n) is 2.95. The average molecular weight is 235 g/mol. The van der Waals surface area contributed by atoms with E-state index in [9.17, 15) is 0 Å². The van der Waals surface area contributed by atoms with Gasteiger partial charge in [0.25, 0.3) is 0 Å². The van der Waals surface area contributed by atoms with Gasteiger partial charge in [-0.3, -0.25) is 4.68 Å². The molecule has 0 saturated heterocycles. The summed E-state index contributed by atoms with van der Waals surface area (Å²) in [5.41, 5.74) is 7.54. The van der Waals surface area contributed by atoms with Crippen LogP contribution in [0.1, 0.15) is 50.6 Å². The molecular formula is C14H25N3. The average Bonchev–Trinajstić information content (AvgIpc) is 2.74. The number of aromatic nitrogens is 2. The zero-order chi connectivity index (χ0) is 12.1. The summed E-state index contributed by atoms with van der Waals surface area (Å²) in [5.74, 6) is 0.894. The zero-order valence-electron chi connectivity index (χ0n) is 10.9. The lowest BCUT2D eigenvalue weighted by atomic mass is 9.84. The maximum Gasteiger partial charge on any atom is 0.0492 e. The van der Waals surface area contributed by atoms with Gasteiger partial charge in [-0.05, 0) is 31.2 Å². The van der Waals surface area contributed by atoms with E-state index in [4.69, 9.17) is 5.73 Å². The highest BCUT2D eigenvalue weighted by molar-refractivity contribution is 5.00. The van der Waals surface area contributed by atoms with Crippen LogP contribution in [0, 0.1) is 5.92 Å². The highest BCUT2D eigenvalue weighted by Crippen LogP contribution is 2.27. The van der Waals surface area contributed by atoms with Crippen LogP contribution in [-0.2, 0) is 13.5 Å². The van der Waals surface area contributed by atoms with Crippen molar-refractivity contribution in [3.05, 3.63) is 18.0 Å². The van der Waals surface area contributed by atoms with E-state index in [0.717, 1.165) is 18.8 Å². The van der Waals surface area contributed by atoms with Crippen molar-refractivity contribution in [2.45, 2.75) is 57.4 Å². The highest BCUT2D eigenvalue weighted by Gasteiger charge is 2.16. The smallest absolute Gasteiger partial charge is 0.0492 e. The van der Waals surface area contributed by atoms with Crippen LogP contribution < -0.4 is 5.73 Å². The minimum Gasteiger partial charge on any atom is -0.328 e. The normalized spacial score (nSPS) is 19.4. The van der Waals surface area contributed by atoms with Gasteiger partial charge in [-0.25, -0.2) is 0 Å². The first-order valence-corrected chi connectivity index (χ1v) is 6.98. The van der Waals surface area contributed by atoms with Crippen LogP contribution in [0.5, 0.6) is 0 Å². The summed E-state index contributed by atoms with van der Waals surface area (Å²) in [4.78, 5) is 0. The molecule has 1 aromatic heterocycles. The standard InChI is InChI=1S/C14H25N3/c1-17-14(9-10-16-17)8-7-13(15)11-12-5-3-2-4-6-12/h9-10,12-13H,2-8,11,15H2,1H3. The summed E-state index contributed by atoms with van der Waals surface area (Å²) >= 11 is 0. The van der Waals surface area contributed by atoms with Gasteiger partial charge in [0.15, 0.2) is 0 Å². The molecule has 1 fully saturated rings. The van der Waals surface area contributed by atoms with Crippen molar-refractivity contribution in [1.29, 1.82) is 0 Å². The Labute approximate surface area is 104 Å². The molecule has 1 unspecified atom stereocenters. The molecule has 1 atom stereocenters. The molecule has 2 rings (SSSR count). The molecule has 1 aromatic rings. The van der Waals surface area contributed by atoms with E-state index in [1.807, 2.05) is 17.9 Å². The van der Waals surface area contributed by atoms with E-state index in [-0.39, 0.29) is 0 Å². The topological polar surface area (TPSA) is 43.8 Å². The summed E-state index contributed by atoms with van der Waals surface area (Å²) in [6.07, 6.45) is 12.3. The van der Waals surface area contributed by atoms with Crippen LogP contribution in [0.2, 0.25) is 0 Å². The van der Waals surface area contributed by atoms with Crippen LogP contribution in [-0.4, -0.2) is 15.8 Å². The Morgan fingerprint density at radius 1 is 1.41 bits per heavy atom. The quantitative estimate of drug-likeness (QED) is 0.852. The van der Waals surface area contributed by atoms with Crippen LogP contribution in [0.25, 0.3) is 0 Å². The van der Waals surface area contributed by atoms with Gasteiger partial charge in [-0.2, -0.15) is 5.10 Å². The van der Waals surface area contributed by atoms with Gasteiger partial charge < -0.3 is 5.73 Å². The van der Waals surface area contributed by atoms with Crippen molar-refractivity contribution in [1.82, 2.24) is 9.78 Å². The third kappa shape index (κ3) is 3.84. The number of hydrogen-bond acceptors (Lipinski definition) is 2. The number of nitrogens with zero attached hydrogens (tertiary/aromatic N) is 2. The maximum absolute atomic E-state index is 6.24. The Kier molecular flexibility index (Phi) is 4.60. The van der Waals surface area contributed by atoms with E-state index < -0.39 is 0 Å². The lowest BCUT2D eigenvalue weighted by Crippen LogP contribution is -2.25. The molecule has 1 aliphatic carbocycles. The van der Waals surface area contributed by atoms with Crippen LogP contribution in [0.15, 0.2) is 12.3 Å². The Morgan fingerprint density at radius 3 is 2.82 bits per heavy atom. The molecule has 0 aliphatic heterocycles. The van der Waals surface area contributed by atoms with Crippen molar-refractivity contribution in [2.75, 3.05) is 0 Å². The summed E-state index contributed by atoms with van der Waals surface area (Å²) in [7, 11) is 2.00. The lowest BCUT2D eigenvalue weighted by molar-refractivity contribution is 0.312. The SMILES string of the molecule is Cn1nccc1CCC(N)CC1CCCCC1. The summed E-state index contributed by atoms with van der Waals surface area (Å²) in [6, 6.07) is 2.46. The first-order chi connectivity index (χ1) is 8.25. The zero-order valence-corrected chi connectivity index (χ0v) is 10.9. The Balaban J connectivity index is 1.70. The molecule has 3 nitrogen and oxygen atoms in total. The highest BCUT2D eigenvalue weighted by atomic mass is 15.2. The fourth-order valence-corrected chi connectivity index (χ4v) is 2.95. The minimum atomic E-state index is 0.369. The van der Waals surface area contributed by atoms with Crippen LogP contribution >= 0.6 is 0 Å². The molecule has 17 heavy (non-hydrogen) atoms. The van der Waals surface area contributed by atoms with E-state index in [1.54, 1.807) is 0 Å².